The minimum absolute atomic E-state index is 0.204. The number of azo groups is 1. The molecule has 1 saturated carbocycles. The van der Waals surface area contributed by atoms with Gasteiger partial charge in [0.2, 0.25) is 17.7 Å². The molecular weight excluding hydrogens is 404 g/mol. The summed E-state index contributed by atoms with van der Waals surface area (Å²) in [6.45, 7) is 5.48. The number of carbonyl (C=O) groups is 3. The van der Waals surface area contributed by atoms with Gasteiger partial charge in [-0.15, -0.1) is 0 Å². The summed E-state index contributed by atoms with van der Waals surface area (Å²) >= 11 is 0. The van der Waals surface area contributed by atoms with Crippen LogP contribution < -0.4 is 5.32 Å². The minimum atomic E-state index is -0.992. The van der Waals surface area contributed by atoms with Crippen LogP contribution in [0.2, 0.25) is 0 Å². The van der Waals surface area contributed by atoms with Gasteiger partial charge in [0.1, 0.15) is 5.92 Å². The summed E-state index contributed by atoms with van der Waals surface area (Å²) in [6, 6.07) is 16.3. The Kier molecular flexibility index (Phi) is 5.67. The van der Waals surface area contributed by atoms with E-state index < -0.39 is 28.7 Å². The lowest BCUT2D eigenvalue weighted by molar-refractivity contribution is -0.146. The molecule has 1 aliphatic carbocycles. The second kappa shape index (κ2) is 8.30. The van der Waals surface area contributed by atoms with Crippen LogP contribution in [0.5, 0.6) is 0 Å². The van der Waals surface area contributed by atoms with Gasteiger partial charge in [0.05, 0.1) is 16.8 Å². The molecule has 4 rings (SSSR count). The monoisotopic (exact) mass is 432 g/mol. The zero-order valence-corrected chi connectivity index (χ0v) is 18.7. The molecule has 0 radical (unpaired) electrons. The lowest BCUT2D eigenvalue weighted by Crippen LogP contribution is -2.47. The van der Waals surface area contributed by atoms with Gasteiger partial charge in [-0.2, -0.15) is 10.2 Å². The second-order valence-corrected chi connectivity index (χ2v) is 9.52. The fourth-order valence-corrected chi connectivity index (χ4v) is 4.75. The Hall–Kier alpha value is -3.35. The van der Waals surface area contributed by atoms with Crippen molar-refractivity contribution < 1.29 is 14.4 Å². The smallest absolute Gasteiger partial charge is 0.243 e. The Bertz CT molecular complexity index is 1050. The summed E-state index contributed by atoms with van der Waals surface area (Å²) in [5, 5.41) is 11.2. The fraction of sp³-hybridized carbons (Fsp3) is 0.400. The summed E-state index contributed by atoms with van der Waals surface area (Å²) in [5.74, 6) is -2.01. The van der Waals surface area contributed by atoms with Crippen molar-refractivity contribution in [3.63, 3.8) is 0 Å². The van der Waals surface area contributed by atoms with E-state index in [2.05, 4.69) is 15.5 Å². The molecule has 1 aliphatic heterocycles. The first kappa shape index (κ1) is 21.9. The summed E-state index contributed by atoms with van der Waals surface area (Å²) < 4.78 is 0. The van der Waals surface area contributed by atoms with Crippen molar-refractivity contribution in [2.24, 2.45) is 21.6 Å². The van der Waals surface area contributed by atoms with E-state index in [0.29, 0.717) is 24.2 Å². The molecule has 1 atom stereocenters. The number of likely N-dealkylation sites (tertiary alicyclic amines) is 1. The maximum Gasteiger partial charge on any atom is 0.243 e. The van der Waals surface area contributed by atoms with Gasteiger partial charge in [0.15, 0.2) is 0 Å². The highest BCUT2D eigenvalue weighted by Gasteiger charge is 2.64. The molecule has 1 spiro atoms. The number of carbonyl (C=O) groups excluding carboxylic acids is 3. The van der Waals surface area contributed by atoms with Crippen LogP contribution in [-0.4, -0.2) is 28.2 Å². The lowest BCUT2D eigenvalue weighted by atomic mass is 9.75. The molecule has 2 fully saturated rings. The molecule has 32 heavy (non-hydrogen) atoms. The molecule has 2 aromatic rings. The maximum absolute atomic E-state index is 13.3. The predicted octanol–water partition coefficient (Wildman–Crippen LogP) is 5.38. The zero-order valence-electron chi connectivity index (χ0n) is 18.7. The van der Waals surface area contributed by atoms with Crippen LogP contribution in [0.15, 0.2) is 64.8 Å². The number of amides is 3. The second-order valence-electron chi connectivity index (χ2n) is 9.52. The normalized spacial score (nSPS) is 20.5. The molecule has 7 heteroatoms. The third kappa shape index (κ3) is 3.95. The van der Waals surface area contributed by atoms with Gasteiger partial charge in [-0.05, 0) is 70.0 Å². The quantitative estimate of drug-likeness (QED) is 0.399. The molecular formula is C25H28N4O3. The number of hydrogen-bond acceptors (Lipinski definition) is 5. The van der Waals surface area contributed by atoms with Crippen molar-refractivity contribution in [2.75, 3.05) is 5.32 Å². The van der Waals surface area contributed by atoms with Crippen LogP contribution in [0, 0.1) is 11.3 Å². The van der Waals surface area contributed by atoms with E-state index in [9.17, 15) is 14.4 Å². The predicted molar refractivity (Wildman–Crippen MR) is 122 cm³/mol. The summed E-state index contributed by atoms with van der Waals surface area (Å²) in [6.07, 6.45) is 2.84. The molecule has 0 aromatic heterocycles. The van der Waals surface area contributed by atoms with Crippen molar-refractivity contribution in [1.29, 1.82) is 0 Å². The van der Waals surface area contributed by atoms with Crippen LogP contribution in [-0.2, 0) is 14.4 Å². The zero-order chi connectivity index (χ0) is 22.9. The molecule has 0 bridgehead atoms. The topological polar surface area (TPSA) is 91.2 Å². The number of nitrogens with one attached hydrogen (secondary N) is 1. The summed E-state index contributed by atoms with van der Waals surface area (Å²) in [4.78, 5) is 41.1. The number of hydrogen-bond donors (Lipinski definition) is 1. The van der Waals surface area contributed by atoms with Crippen molar-refractivity contribution >= 4 is 34.8 Å². The van der Waals surface area contributed by atoms with Crippen LogP contribution >= 0.6 is 0 Å². The molecule has 1 N–H and O–H groups in total. The van der Waals surface area contributed by atoms with E-state index in [1.165, 1.54) is 4.90 Å². The van der Waals surface area contributed by atoms with Crippen LogP contribution in [0.1, 0.15) is 46.5 Å². The average Bonchev–Trinajstić information content (AvgIpc) is 3.31. The number of nitrogens with zero attached hydrogens (tertiary/aromatic N) is 3. The highest BCUT2D eigenvalue weighted by atomic mass is 16.2. The van der Waals surface area contributed by atoms with Gasteiger partial charge in [-0.25, -0.2) is 0 Å². The first-order chi connectivity index (χ1) is 15.2. The third-order valence-electron chi connectivity index (χ3n) is 6.25. The van der Waals surface area contributed by atoms with E-state index in [1.807, 2.05) is 51.1 Å². The van der Waals surface area contributed by atoms with Gasteiger partial charge in [-0.3, -0.25) is 19.3 Å². The number of rotatable bonds is 4. The highest BCUT2D eigenvalue weighted by Crippen LogP contribution is 2.52. The molecule has 7 nitrogen and oxygen atoms in total. The largest absolute Gasteiger partial charge is 0.325 e. The van der Waals surface area contributed by atoms with Gasteiger partial charge in [0, 0.05) is 11.2 Å². The Labute approximate surface area is 187 Å². The van der Waals surface area contributed by atoms with Crippen molar-refractivity contribution in [3.8, 4) is 0 Å². The molecule has 166 valence electrons. The first-order valence-electron chi connectivity index (χ1n) is 11.0. The third-order valence-corrected chi connectivity index (χ3v) is 6.25. The van der Waals surface area contributed by atoms with Gasteiger partial charge >= 0.3 is 0 Å². The van der Waals surface area contributed by atoms with E-state index in [-0.39, 0.29) is 5.91 Å². The van der Waals surface area contributed by atoms with Gasteiger partial charge in [0.25, 0.3) is 0 Å². The van der Waals surface area contributed by atoms with Crippen LogP contribution in [0.3, 0.4) is 0 Å². The standard InChI is InChI=1S/C25H28N4O3/c1-24(2,3)29-22(31)20(25(23(29)32)15-7-8-16-25)21(30)26-17-11-13-19(14-12-17)28-27-18-9-5-4-6-10-18/h4-6,9-14,20H,7-8,15-16H2,1-3H3,(H,26,30). The fourth-order valence-electron chi connectivity index (χ4n) is 4.75. The molecule has 1 heterocycles. The van der Waals surface area contributed by atoms with Crippen molar-refractivity contribution in [1.82, 2.24) is 4.90 Å². The minimum Gasteiger partial charge on any atom is -0.325 e. The van der Waals surface area contributed by atoms with Gasteiger partial charge < -0.3 is 5.32 Å². The lowest BCUT2D eigenvalue weighted by Gasteiger charge is -2.31. The molecule has 2 aromatic carbocycles. The molecule has 2 aliphatic rings. The van der Waals surface area contributed by atoms with Crippen LogP contribution in [0.4, 0.5) is 17.1 Å². The van der Waals surface area contributed by atoms with Crippen molar-refractivity contribution in [3.05, 3.63) is 54.6 Å². The van der Waals surface area contributed by atoms with E-state index in [4.69, 9.17) is 0 Å². The maximum atomic E-state index is 13.3. The summed E-state index contributed by atoms with van der Waals surface area (Å²) in [5.41, 5.74) is 0.364. The SMILES string of the molecule is CC(C)(C)N1C(=O)C(C(=O)Nc2ccc(N=Nc3ccccc3)cc2)C2(CCCC2)C1=O. The summed E-state index contributed by atoms with van der Waals surface area (Å²) in [7, 11) is 0. The Morgan fingerprint density at radius 2 is 1.50 bits per heavy atom. The highest BCUT2D eigenvalue weighted by molar-refractivity contribution is 6.19. The molecule has 1 unspecified atom stereocenters. The number of imide groups is 1. The Morgan fingerprint density at radius 1 is 0.938 bits per heavy atom. The van der Waals surface area contributed by atoms with Gasteiger partial charge in [-0.1, -0.05) is 31.0 Å². The number of anilines is 1. The molecule has 3 amide bonds. The van der Waals surface area contributed by atoms with Crippen molar-refractivity contribution in [2.45, 2.75) is 52.0 Å². The Morgan fingerprint density at radius 3 is 2.06 bits per heavy atom. The number of benzene rings is 2. The molecule has 1 saturated heterocycles. The van der Waals surface area contributed by atoms with E-state index >= 15 is 0 Å². The van der Waals surface area contributed by atoms with E-state index in [0.717, 1.165) is 18.5 Å². The van der Waals surface area contributed by atoms with Crippen LogP contribution in [0.25, 0.3) is 0 Å². The Balaban J connectivity index is 1.52. The van der Waals surface area contributed by atoms with E-state index in [1.54, 1.807) is 24.3 Å². The first-order valence-corrected chi connectivity index (χ1v) is 11.0. The average molecular weight is 433 g/mol.